The van der Waals surface area contributed by atoms with Crippen LogP contribution in [0.2, 0.25) is 0 Å². The fourth-order valence-electron chi connectivity index (χ4n) is 2.68. The molecule has 1 aromatic rings. The zero-order chi connectivity index (χ0) is 16.2. The second kappa shape index (κ2) is 7.05. The standard InChI is InChI=1S/C16H21NO4S/c1-13(18)7-8-16(19)17-10-9-15(22(20,21)12-11-17)14-5-3-2-4-6-14/h2-6,15H,7-12H2,1H3. The Morgan fingerprint density at radius 1 is 1.14 bits per heavy atom. The Kier molecular flexibility index (Phi) is 5.34. The summed E-state index contributed by atoms with van der Waals surface area (Å²) in [4.78, 5) is 24.6. The van der Waals surface area contributed by atoms with Gasteiger partial charge in [-0.05, 0) is 18.9 Å². The van der Waals surface area contributed by atoms with E-state index in [0.717, 1.165) is 5.56 Å². The minimum absolute atomic E-state index is 0.0294. The minimum Gasteiger partial charge on any atom is -0.342 e. The Hall–Kier alpha value is -1.69. The second-order valence-corrected chi connectivity index (χ2v) is 7.94. The highest BCUT2D eigenvalue weighted by Crippen LogP contribution is 2.29. The lowest BCUT2D eigenvalue weighted by atomic mass is 10.1. The highest BCUT2D eigenvalue weighted by molar-refractivity contribution is 7.91. The minimum atomic E-state index is -3.27. The second-order valence-electron chi connectivity index (χ2n) is 5.64. The van der Waals surface area contributed by atoms with Crippen LogP contribution in [0.1, 0.15) is 37.0 Å². The van der Waals surface area contributed by atoms with Crippen molar-refractivity contribution in [2.24, 2.45) is 0 Å². The highest BCUT2D eigenvalue weighted by Gasteiger charge is 2.32. The summed E-state index contributed by atoms with van der Waals surface area (Å²) in [5.74, 6) is -0.199. The molecule has 6 heteroatoms. The van der Waals surface area contributed by atoms with E-state index < -0.39 is 15.1 Å². The Balaban J connectivity index is 2.10. The van der Waals surface area contributed by atoms with E-state index in [0.29, 0.717) is 13.0 Å². The smallest absolute Gasteiger partial charge is 0.223 e. The third-order valence-corrected chi connectivity index (χ3v) is 6.08. The van der Waals surface area contributed by atoms with Gasteiger partial charge in [0.05, 0.1) is 11.0 Å². The summed E-state index contributed by atoms with van der Waals surface area (Å²) >= 11 is 0. The molecule has 0 aromatic heterocycles. The molecule has 5 nitrogen and oxygen atoms in total. The first kappa shape index (κ1) is 16.7. The molecule has 1 aromatic carbocycles. The molecule has 0 radical (unpaired) electrons. The molecule has 1 aliphatic heterocycles. The first-order chi connectivity index (χ1) is 10.4. The topological polar surface area (TPSA) is 71.5 Å². The largest absolute Gasteiger partial charge is 0.342 e. The first-order valence-corrected chi connectivity index (χ1v) is 9.15. The summed E-state index contributed by atoms with van der Waals surface area (Å²) < 4.78 is 24.9. The predicted octanol–water partition coefficient (Wildman–Crippen LogP) is 1.74. The van der Waals surface area contributed by atoms with Crippen molar-refractivity contribution in [2.75, 3.05) is 18.8 Å². The van der Waals surface area contributed by atoms with Crippen molar-refractivity contribution in [3.05, 3.63) is 35.9 Å². The van der Waals surface area contributed by atoms with Crippen LogP contribution in [0, 0.1) is 0 Å². The number of ketones is 1. The molecular weight excluding hydrogens is 302 g/mol. The van der Waals surface area contributed by atoms with Crippen LogP contribution < -0.4 is 0 Å². The monoisotopic (exact) mass is 323 g/mol. The lowest BCUT2D eigenvalue weighted by Crippen LogP contribution is -2.33. The maximum absolute atomic E-state index is 12.4. The molecule has 0 aliphatic carbocycles. The van der Waals surface area contributed by atoms with Crippen molar-refractivity contribution in [1.82, 2.24) is 4.90 Å². The van der Waals surface area contributed by atoms with Crippen molar-refractivity contribution in [2.45, 2.75) is 31.4 Å². The van der Waals surface area contributed by atoms with Crippen LogP contribution in [-0.4, -0.2) is 43.9 Å². The van der Waals surface area contributed by atoms with Gasteiger partial charge in [0.15, 0.2) is 9.84 Å². The van der Waals surface area contributed by atoms with Crippen molar-refractivity contribution in [1.29, 1.82) is 0 Å². The molecule has 1 saturated heterocycles. The molecule has 2 rings (SSSR count). The fraction of sp³-hybridized carbons (Fsp3) is 0.500. The van der Waals surface area contributed by atoms with E-state index >= 15 is 0 Å². The predicted molar refractivity (Wildman–Crippen MR) is 84.1 cm³/mol. The third-order valence-electron chi connectivity index (χ3n) is 3.96. The third kappa shape index (κ3) is 4.16. The maximum atomic E-state index is 12.4. The van der Waals surface area contributed by atoms with Gasteiger partial charge in [-0.3, -0.25) is 4.79 Å². The van der Waals surface area contributed by atoms with Gasteiger partial charge in [0.25, 0.3) is 0 Å². The summed E-state index contributed by atoms with van der Waals surface area (Å²) in [5, 5.41) is -0.556. The lowest BCUT2D eigenvalue weighted by Gasteiger charge is -2.19. The van der Waals surface area contributed by atoms with E-state index in [1.165, 1.54) is 6.92 Å². The van der Waals surface area contributed by atoms with Crippen LogP contribution in [0.5, 0.6) is 0 Å². The molecule has 0 N–H and O–H groups in total. The van der Waals surface area contributed by atoms with Gasteiger partial charge in [0.1, 0.15) is 5.78 Å². The first-order valence-electron chi connectivity index (χ1n) is 7.44. The lowest BCUT2D eigenvalue weighted by molar-refractivity contribution is -0.132. The van der Waals surface area contributed by atoms with Crippen LogP contribution in [-0.2, 0) is 19.4 Å². The van der Waals surface area contributed by atoms with Crippen LogP contribution in [0.25, 0.3) is 0 Å². The molecule has 1 heterocycles. The van der Waals surface area contributed by atoms with Gasteiger partial charge < -0.3 is 9.69 Å². The summed E-state index contributed by atoms with van der Waals surface area (Å²) in [6.45, 7) is 2.07. The molecule has 120 valence electrons. The number of nitrogens with zero attached hydrogens (tertiary/aromatic N) is 1. The highest BCUT2D eigenvalue weighted by atomic mass is 32.2. The fourth-order valence-corrected chi connectivity index (χ4v) is 4.47. The quantitative estimate of drug-likeness (QED) is 0.846. The van der Waals surface area contributed by atoms with Gasteiger partial charge in [0, 0.05) is 25.9 Å². The summed E-state index contributed by atoms with van der Waals surface area (Å²) in [7, 11) is -3.27. The van der Waals surface area contributed by atoms with Crippen molar-refractivity contribution in [3.63, 3.8) is 0 Å². The Labute approximate surface area is 131 Å². The zero-order valence-electron chi connectivity index (χ0n) is 12.7. The molecule has 0 saturated carbocycles. The number of sulfone groups is 1. The summed E-state index contributed by atoms with van der Waals surface area (Å²) in [6, 6.07) is 9.13. The Morgan fingerprint density at radius 3 is 2.45 bits per heavy atom. The van der Waals surface area contributed by atoms with E-state index in [1.807, 2.05) is 30.3 Å². The van der Waals surface area contributed by atoms with Gasteiger partial charge in [-0.2, -0.15) is 0 Å². The number of carbonyl (C=O) groups is 2. The van der Waals surface area contributed by atoms with Crippen LogP contribution >= 0.6 is 0 Å². The molecule has 1 atom stereocenters. The van der Waals surface area contributed by atoms with Crippen LogP contribution in [0.15, 0.2) is 30.3 Å². The van der Waals surface area contributed by atoms with Gasteiger partial charge in [0.2, 0.25) is 5.91 Å². The van der Waals surface area contributed by atoms with Crippen LogP contribution in [0.4, 0.5) is 0 Å². The number of rotatable bonds is 4. The molecule has 0 bridgehead atoms. The average molecular weight is 323 g/mol. The van der Waals surface area contributed by atoms with Crippen molar-refractivity contribution in [3.8, 4) is 0 Å². The summed E-state index contributed by atoms with van der Waals surface area (Å²) in [6.07, 6.45) is 0.772. The number of benzene rings is 1. The number of carbonyl (C=O) groups excluding carboxylic acids is 2. The SMILES string of the molecule is CC(=O)CCC(=O)N1CCC(c2ccccc2)S(=O)(=O)CC1. The number of amides is 1. The number of hydrogen-bond donors (Lipinski definition) is 0. The molecule has 1 aliphatic rings. The van der Waals surface area contributed by atoms with E-state index in [2.05, 4.69) is 0 Å². The van der Waals surface area contributed by atoms with Crippen molar-refractivity contribution >= 4 is 21.5 Å². The molecule has 1 fully saturated rings. The average Bonchev–Trinajstić information content (AvgIpc) is 2.64. The zero-order valence-corrected chi connectivity index (χ0v) is 13.5. The summed E-state index contributed by atoms with van der Waals surface area (Å²) in [5.41, 5.74) is 0.778. The number of hydrogen-bond acceptors (Lipinski definition) is 4. The van der Waals surface area contributed by atoms with Gasteiger partial charge >= 0.3 is 0 Å². The maximum Gasteiger partial charge on any atom is 0.223 e. The van der Waals surface area contributed by atoms with Gasteiger partial charge in [-0.25, -0.2) is 8.42 Å². The molecular formula is C16H21NO4S. The van der Waals surface area contributed by atoms with Crippen molar-refractivity contribution < 1.29 is 18.0 Å². The van der Waals surface area contributed by atoms with Gasteiger partial charge in [-0.1, -0.05) is 30.3 Å². The molecule has 1 amide bonds. The number of Topliss-reactive ketones (excluding diaryl/α,β-unsaturated/α-hetero) is 1. The Bertz CT molecular complexity index is 639. The van der Waals surface area contributed by atoms with E-state index in [4.69, 9.17) is 0 Å². The molecule has 1 unspecified atom stereocenters. The van der Waals surface area contributed by atoms with Crippen LogP contribution in [0.3, 0.4) is 0 Å². The van der Waals surface area contributed by atoms with E-state index in [1.54, 1.807) is 4.90 Å². The Morgan fingerprint density at radius 2 is 1.82 bits per heavy atom. The van der Waals surface area contributed by atoms with Gasteiger partial charge in [-0.15, -0.1) is 0 Å². The molecule has 22 heavy (non-hydrogen) atoms. The van der Waals surface area contributed by atoms with E-state index in [-0.39, 0.29) is 36.8 Å². The molecule has 0 spiro atoms. The van der Waals surface area contributed by atoms with E-state index in [9.17, 15) is 18.0 Å². The normalized spacial score (nSPS) is 21.1.